The van der Waals surface area contributed by atoms with Crippen molar-refractivity contribution in [3.05, 3.63) is 28.8 Å². The first kappa shape index (κ1) is 10.9. The Kier molecular flexibility index (Phi) is 2.71. The maximum absolute atomic E-state index is 10.9. The van der Waals surface area contributed by atoms with E-state index in [9.17, 15) is 4.79 Å². The van der Waals surface area contributed by atoms with E-state index in [0.29, 0.717) is 5.56 Å². The number of hydrogen-bond acceptors (Lipinski definition) is 2. The molecule has 3 nitrogen and oxygen atoms in total. The van der Waals surface area contributed by atoms with Gasteiger partial charge in [-0.2, -0.15) is 0 Å². The third-order valence-electron chi connectivity index (χ3n) is 2.16. The Balaban J connectivity index is 3.26. The van der Waals surface area contributed by atoms with Crippen molar-refractivity contribution < 1.29 is 15.0 Å². The summed E-state index contributed by atoms with van der Waals surface area (Å²) in [4.78, 5) is 10.9. The number of aromatic hydroxyl groups is 1. The van der Waals surface area contributed by atoms with Crippen LogP contribution in [0.4, 0.5) is 0 Å². The first-order valence-corrected chi connectivity index (χ1v) is 4.46. The van der Waals surface area contributed by atoms with Crippen molar-refractivity contribution in [1.82, 2.24) is 0 Å². The zero-order valence-electron chi connectivity index (χ0n) is 7.91. The van der Waals surface area contributed by atoms with Gasteiger partial charge in [-0.3, -0.25) is 4.79 Å². The number of carboxylic acid groups (broad SMARTS) is 1. The van der Waals surface area contributed by atoms with E-state index in [1.165, 1.54) is 18.2 Å². The second-order valence-electron chi connectivity index (χ2n) is 3.59. The number of rotatable bonds is 2. The van der Waals surface area contributed by atoms with Crippen LogP contribution in [0.5, 0.6) is 5.75 Å². The molecule has 0 aliphatic heterocycles. The molecular weight excluding hydrogens is 204 g/mol. The lowest BCUT2D eigenvalue weighted by Crippen LogP contribution is -2.28. The molecule has 2 N–H and O–H groups in total. The van der Waals surface area contributed by atoms with E-state index in [-0.39, 0.29) is 10.8 Å². The summed E-state index contributed by atoms with van der Waals surface area (Å²) < 4.78 is 0. The fourth-order valence-corrected chi connectivity index (χ4v) is 1.54. The normalized spacial score (nSPS) is 11.4. The summed E-state index contributed by atoms with van der Waals surface area (Å²) in [7, 11) is 0. The summed E-state index contributed by atoms with van der Waals surface area (Å²) in [5.41, 5.74) is -0.561. The van der Waals surface area contributed by atoms with Crippen LogP contribution in [-0.2, 0) is 10.2 Å². The van der Waals surface area contributed by atoms with E-state index < -0.39 is 11.4 Å². The highest BCUT2D eigenvalue weighted by molar-refractivity contribution is 6.31. The van der Waals surface area contributed by atoms with E-state index in [1.807, 2.05) is 0 Å². The molecule has 0 aliphatic rings. The van der Waals surface area contributed by atoms with Crippen LogP contribution in [-0.4, -0.2) is 16.2 Å². The second kappa shape index (κ2) is 3.50. The highest BCUT2D eigenvalue weighted by Crippen LogP contribution is 2.32. The van der Waals surface area contributed by atoms with Crippen LogP contribution in [0, 0.1) is 0 Å². The smallest absolute Gasteiger partial charge is 0.313 e. The van der Waals surface area contributed by atoms with Crippen molar-refractivity contribution in [1.29, 1.82) is 0 Å². The summed E-state index contributed by atoms with van der Waals surface area (Å²) >= 11 is 5.83. The van der Waals surface area contributed by atoms with Gasteiger partial charge in [0.05, 0.1) is 5.41 Å². The van der Waals surface area contributed by atoms with Crippen molar-refractivity contribution in [2.45, 2.75) is 19.3 Å². The molecule has 0 saturated carbocycles. The molecule has 0 amide bonds. The lowest BCUT2D eigenvalue weighted by molar-refractivity contribution is -0.142. The van der Waals surface area contributed by atoms with E-state index in [4.69, 9.17) is 21.8 Å². The zero-order valence-corrected chi connectivity index (χ0v) is 8.67. The van der Waals surface area contributed by atoms with Gasteiger partial charge in [-0.1, -0.05) is 17.7 Å². The van der Waals surface area contributed by atoms with Crippen molar-refractivity contribution in [2.24, 2.45) is 0 Å². The van der Waals surface area contributed by atoms with Crippen molar-refractivity contribution in [2.75, 3.05) is 0 Å². The minimum atomic E-state index is -1.05. The molecule has 0 bridgehead atoms. The van der Waals surface area contributed by atoms with Crippen LogP contribution < -0.4 is 0 Å². The number of benzene rings is 1. The number of carbonyl (C=O) groups is 1. The Bertz CT molecular complexity index is 372. The Hall–Kier alpha value is -1.22. The Morgan fingerprint density at radius 3 is 2.43 bits per heavy atom. The molecule has 76 valence electrons. The molecule has 1 aromatic carbocycles. The average molecular weight is 215 g/mol. The third-order valence-corrected chi connectivity index (χ3v) is 2.47. The molecule has 0 spiro atoms. The molecular formula is C10H11ClO3. The van der Waals surface area contributed by atoms with E-state index in [1.54, 1.807) is 13.8 Å². The van der Waals surface area contributed by atoms with E-state index in [2.05, 4.69) is 0 Å². The molecule has 4 heteroatoms. The first-order chi connectivity index (χ1) is 6.35. The van der Waals surface area contributed by atoms with Gasteiger partial charge in [-0.25, -0.2) is 0 Å². The van der Waals surface area contributed by atoms with Crippen LogP contribution >= 0.6 is 11.6 Å². The van der Waals surface area contributed by atoms with Crippen LogP contribution in [0.25, 0.3) is 0 Å². The predicted molar refractivity (Wildman–Crippen MR) is 53.8 cm³/mol. The quantitative estimate of drug-likeness (QED) is 0.795. The Labute approximate surface area is 86.9 Å². The van der Waals surface area contributed by atoms with Gasteiger partial charge < -0.3 is 10.2 Å². The van der Waals surface area contributed by atoms with Crippen LogP contribution in [0.1, 0.15) is 19.4 Å². The van der Waals surface area contributed by atoms with Gasteiger partial charge in [0.25, 0.3) is 0 Å². The van der Waals surface area contributed by atoms with Crippen LogP contribution in [0.3, 0.4) is 0 Å². The van der Waals surface area contributed by atoms with Crippen LogP contribution in [0.15, 0.2) is 18.2 Å². The van der Waals surface area contributed by atoms with E-state index >= 15 is 0 Å². The maximum Gasteiger partial charge on any atom is 0.313 e. The fraction of sp³-hybridized carbons (Fsp3) is 0.300. The number of hydrogen-bond donors (Lipinski definition) is 2. The minimum absolute atomic E-state index is 0.0277. The number of halogens is 1. The fourth-order valence-electron chi connectivity index (χ4n) is 1.13. The number of phenolic OH excluding ortho intramolecular Hbond substituents is 1. The first-order valence-electron chi connectivity index (χ1n) is 4.08. The zero-order chi connectivity index (χ0) is 10.9. The SMILES string of the molecule is CC(C)(C(=O)O)c1ccc(O)cc1Cl. The van der Waals surface area contributed by atoms with Gasteiger partial charge >= 0.3 is 5.97 Å². The largest absolute Gasteiger partial charge is 0.508 e. The van der Waals surface area contributed by atoms with Crippen molar-refractivity contribution in [3.63, 3.8) is 0 Å². The van der Waals surface area contributed by atoms with Gasteiger partial charge in [0.1, 0.15) is 5.75 Å². The van der Waals surface area contributed by atoms with Crippen LogP contribution in [0.2, 0.25) is 5.02 Å². The standard InChI is InChI=1S/C10H11ClO3/c1-10(2,9(13)14)7-4-3-6(12)5-8(7)11/h3-5,12H,1-2H3,(H,13,14). The van der Waals surface area contributed by atoms with Crippen molar-refractivity contribution in [3.8, 4) is 5.75 Å². The highest BCUT2D eigenvalue weighted by Gasteiger charge is 2.31. The molecule has 0 atom stereocenters. The summed E-state index contributed by atoms with van der Waals surface area (Å²) in [6, 6.07) is 4.28. The molecule has 14 heavy (non-hydrogen) atoms. The maximum atomic E-state index is 10.9. The molecule has 1 aromatic rings. The minimum Gasteiger partial charge on any atom is -0.508 e. The highest BCUT2D eigenvalue weighted by atomic mass is 35.5. The monoisotopic (exact) mass is 214 g/mol. The Morgan fingerprint density at radius 2 is 2.00 bits per heavy atom. The Morgan fingerprint density at radius 1 is 1.43 bits per heavy atom. The number of aliphatic carboxylic acids is 1. The molecule has 0 radical (unpaired) electrons. The molecule has 0 aliphatic carbocycles. The molecule has 0 saturated heterocycles. The molecule has 0 aromatic heterocycles. The van der Waals surface area contributed by atoms with Gasteiger partial charge in [0.15, 0.2) is 0 Å². The lowest BCUT2D eigenvalue weighted by Gasteiger charge is -2.20. The van der Waals surface area contributed by atoms with Gasteiger partial charge in [-0.15, -0.1) is 0 Å². The molecule has 0 heterocycles. The van der Waals surface area contributed by atoms with Gasteiger partial charge in [0.2, 0.25) is 0 Å². The topological polar surface area (TPSA) is 57.5 Å². The lowest BCUT2D eigenvalue weighted by atomic mass is 9.85. The average Bonchev–Trinajstić information content (AvgIpc) is 2.02. The predicted octanol–water partition coefficient (Wildman–Crippen LogP) is 2.41. The second-order valence-corrected chi connectivity index (χ2v) is 4.00. The van der Waals surface area contributed by atoms with E-state index in [0.717, 1.165) is 0 Å². The molecule has 1 rings (SSSR count). The summed E-state index contributed by atoms with van der Waals surface area (Å²) in [5, 5.41) is 18.3. The molecule has 0 fully saturated rings. The molecule has 0 unspecified atom stereocenters. The summed E-state index contributed by atoms with van der Waals surface area (Å²) in [6.07, 6.45) is 0. The number of carboxylic acids is 1. The number of phenols is 1. The van der Waals surface area contributed by atoms with Gasteiger partial charge in [-0.05, 0) is 31.5 Å². The third kappa shape index (κ3) is 1.82. The van der Waals surface area contributed by atoms with Crippen molar-refractivity contribution >= 4 is 17.6 Å². The summed E-state index contributed by atoms with van der Waals surface area (Å²) in [5.74, 6) is -0.926. The van der Waals surface area contributed by atoms with Gasteiger partial charge in [0, 0.05) is 5.02 Å². The summed E-state index contributed by atoms with van der Waals surface area (Å²) in [6.45, 7) is 3.13.